The van der Waals surface area contributed by atoms with E-state index in [-0.39, 0.29) is 24.4 Å². The van der Waals surface area contributed by atoms with Gasteiger partial charge in [-0.1, -0.05) is 6.92 Å². The first-order valence-corrected chi connectivity index (χ1v) is 8.67. The fourth-order valence-electron chi connectivity index (χ4n) is 3.28. The Kier molecular flexibility index (Phi) is 4.96. The van der Waals surface area contributed by atoms with Crippen molar-refractivity contribution < 1.29 is 14.3 Å². The Balaban J connectivity index is 1.66. The van der Waals surface area contributed by atoms with Crippen LogP contribution in [0.4, 0.5) is 0 Å². The highest BCUT2D eigenvalue weighted by molar-refractivity contribution is 5.88. The van der Waals surface area contributed by atoms with Crippen molar-refractivity contribution in [2.45, 2.75) is 52.5 Å². The van der Waals surface area contributed by atoms with E-state index < -0.39 is 5.97 Å². The molecule has 1 aliphatic heterocycles. The molecule has 0 spiro atoms. The highest BCUT2D eigenvalue weighted by Gasteiger charge is 2.26. The van der Waals surface area contributed by atoms with E-state index in [4.69, 9.17) is 4.74 Å². The molecule has 1 fully saturated rings. The molecule has 0 bridgehead atoms. The summed E-state index contributed by atoms with van der Waals surface area (Å²) < 4.78 is 6.63. The number of carbonyl (C=O) groups excluding carboxylic acids is 2. The first kappa shape index (κ1) is 17.3. The summed E-state index contributed by atoms with van der Waals surface area (Å²) in [6.07, 6.45) is 4.06. The summed E-state index contributed by atoms with van der Waals surface area (Å²) in [5.41, 5.74) is 1.62. The average Bonchev–Trinajstić information content (AvgIpc) is 3.03. The Bertz CT molecular complexity index is 801. The van der Waals surface area contributed by atoms with E-state index in [9.17, 15) is 9.59 Å². The van der Waals surface area contributed by atoms with E-state index in [1.54, 1.807) is 0 Å². The molecule has 0 saturated carbocycles. The first-order valence-electron chi connectivity index (χ1n) is 8.67. The minimum Gasteiger partial charge on any atom is -0.450 e. The van der Waals surface area contributed by atoms with Crippen molar-refractivity contribution in [3.63, 3.8) is 0 Å². The van der Waals surface area contributed by atoms with E-state index in [0.29, 0.717) is 5.78 Å². The number of ether oxygens (including phenoxy) is 1. The lowest BCUT2D eigenvalue weighted by Crippen LogP contribution is -2.45. The van der Waals surface area contributed by atoms with Crippen LogP contribution in [-0.2, 0) is 9.53 Å². The number of likely N-dealkylation sites (tertiary alicyclic amines) is 1. The Morgan fingerprint density at radius 2 is 2.08 bits per heavy atom. The van der Waals surface area contributed by atoms with Crippen LogP contribution in [0.1, 0.15) is 54.6 Å². The van der Waals surface area contributed by atoms with Crippen LogP contribution in [0.5, 0.6) is 0 Å². The van der Waals surface area contributed by atoms with Crippen LogP contribution in [0.15, 0.2) is 6.07 Å². The van der Waals surface area contributed by atoms with E-state index in [1.165, 1.54) is 4.52 Å². The van der Waals surface area contributed by atoms with E-state index in [2.05, 4.69) is 22.0 Å². The molecule has 2 aromatic rings. The van der Waals surface area contributed by atoms with Gasteiger partial charge in [0, 0.05) is 24.0 Å². The molecule has 0 unspecified atom stereocenters. The number of rotatable bonds is 4. The van der Waals surface area contributed by atoms with Crippen LogP contribution >= 0.6 is 0 Å². The molecular formula is C17H23N5O3. The maximum atomic E-state index is 12.4. The summed E-state index contributed by atoms with van der Waals surface area (Å²) in [5, 5.41) is 4.12. The van der Waals surface area contributed by atoms with Gasteiger partial charge >= 0.3 is 5.97 Å². The molecule has 0 aliphatic carbocycles. The summed E-state index contributed by atoms with van der Waals surface area (Å²) in [7, 11) is 0. The normalized spacial score (nSPS) is 17.7. The third kappa shape index (κ3) is 3.62. The molecule has 0 N–H and O–H groups in total. The number of esters is 1. The molecule has 1 amide bonds. The van der Waals surface area contributed by atoms with Gasteiger partial charge in [-0.05, 0) is 45.6 Å². The van der Waals surface area contributed by atoms with Crippen LogP contribution in [-0.4, -0.2) is 55.6 Å². The van der Waals surface area contributed by atoms with Crippen molar-refractivity contribution in [3.05, 3.63) is 23.3 Å². The maximum absolute atomic E-state index is 12.4. The van der Waals surface area contributed by atoms with Crippen molar-refractivity contribution in [2.75, 3.05) is 13.2 Å². The summed E-state index contributed by atoms with van der Waals surface area (Å²) in [4.78, 5) is 34.7. The van der Waals surface area contributed by atoms with Gasteiger partial charge in [0.25, 0.3) is 17.5 Å². The topological polar surface area (TPSA) is 89.7 Å². The molecule has 0 radical (unpaired) electrons. The van der Waals surface area contributed by atoms with Gasteiger partial charge in [0.15, 0.2) is 6.61 Å². The minimum atomic E-state index is -0.707. The lowest BCUT2D eigenvalue weighted by atomic mass is 10.00. The molecule has 1 atom stereocenters. The summed E-state index contributed by atoms with van der Waals surface area (Å²) in [5.74, 6) is -0.604. The summed E-state index contributed by atoms with van der Waals surface area (Å²) in [6, 6.07) is 2.09. The first-order chi connectivity index (χ1) is 12.0. The van der Waals surface area contributed by atoms with Crippen molar-refractivity contribution in [3.8, 4) is 0 Å². The fraction of sp³-hybridized carbons (Fsp3) is 0.588. The molecule has 8 heteroatoms. The third-order valence-corrected chi connectivity index (χ3v) is 4.55. The predicted octanol–water partition coefficient (Wildman–Crippen LogP) is 1.69. The molecule has 25 heavy (non-hydrogen) atoms. The molecule has 8 nitrogen and oxygen atoms in total. The standard InChI is InChI=1S/C17H23N5O3/c1-4-13-7-5-6-8-21(13)14(23)10-25-16(24)15-19-17-18-11(2)9-12(3)22(17)20-15/h9,13H,4-8,10H2,1-3H3/t13-/m0/s1. The number of hydrogen-bond donors (Lipinski definition) is 0. The molecule has 3 heterocycles. The number of aromatic nitrogens is 4. The van der Waals surface area contributed by atoms with Gasteiger partial charge in [-0.3, -0.25) is 4.79 Å². The number of piperidine rings is 1. The van der Waals surface area contributed by atoms with Crippen LogP contribution in [0, 0.1) is 13.8 Å². The van der Waals surface area contributed by atoms with Crippen LogP contribution in [0.3, 0.4) is 0 Å². The number of carbonyl (C=O) groups is 2. The molecule has 0 aromatic carbocycles. The van der Waals surface area contributed by atoms with Crippen molar-refractivity contribution in [2.24, 2.45) is 0 Å². The number of hydrogen-bond acceptors (Lipinski definition) is 6. The third-order valence-electron chi connectivity index (χ3n) is 4.55. The van der Waals surface area contributed by atoms with Crippen LogP contribution in [0.2, 0.25) is 0 Å². The van der Waals surface area contributed by atoms with Gasteiger partial charge in [0.1, 0.15) is 0 Å². The van der Waals surface area contributed by atoms with E-state index >= 15 is 0 Å². The molecule has 134 valence electrons. The lowest BCUT2D eigenvalue weighted by Gasteiger charge is -2.35. The van der Waals surface area contributed by atoms with Crippen LogP contribution in [0.25, 0.3) is 5.78 Å². The summed E-state index contributed by atoms with van der Waals surface area (Å²) >= 11 is 0. The molecule has 1 saturated heterocycles. The number of fused-ring (bicyclic) bond motifs is 1. The van der Waals surface area contributed by atoms with Gasteiger partial charge in [0.05, 0.1) is 0 Å². The maximum Gasteiger partial charge on any atom is 0.378 e. The van der Waals surface area contributed by atoms with Gasteiger partial charge in [-0.15, -0.1) is 5.10 Å². The molecular weight excluding hydrogens is 322 g/mol. The second kappa shape index (κ2) is 7.16. The Morgan fingerprint density at radius 1 is 1.28 bits per heavy atom. The number of nitrogens with zero attached hydrogens (tertiary/aromatic N) is 5. The van der Waals surface area contributed by atoms with Gasteiger partial charge < -0.3 is 9.64 Å². The zero-order valence-corrected chi connectivity index (χ0v) is 14.9. The zero-order chi connectivity index (χ0) is 18.0. The second-order valence-corrected chi connectivity index (χ2v) is 6.41. The van der Waals surface area contributed by atoms with Gasteiger partial charge in [-0.25, -0.2) is 14.3 Å². The van der Waals surface area contributed by atoms with Crippen molar-refractivity contribution in [1.29, 1.82) is 0 Å². The average molecular weight is 345 g/mol. The largest absolute Gasteiger partial charge is 0.450 e. The highest BCUT2D eigenvalue weighted by atomic mass is 16.5. The van der Waals surface area contributed by atoms with E-state index in [1.807, 2.05) is 24.8 Å². The van der Waals surface area contributed by atoms with Crippen molar-refractivity contribution in [1.82, 2.24) is 24.5 Å². The Hall–Kier alpha value is -2.51. The Morgan fingerprint density at radius 3 is 2.84 bits per heavy atom. The quantitative estimate of drug-likeness (QED) is 0.783. The van der Waals surface area contributed by atoms with Crippen molar-refractivity contribution >= 4 is 17.7 Å². The monoisotopic (exact) mass is 345 g/mol. The van der Waals surface area contributed by atoms with Crippen LogP contribution < -0.4 is 0 Å². The highest BCUT2D eigenvalue weighted by Crippen LogP contribution is 2.19. The zero-order valence-electron chi connectivity index (χ0n) is 14.9. The minimum absolute atomic E-state index is 0.0836. The molecule has 3 rings (SSSR count). The SMILES string of the molecule is CC[C@H]1CCCCN1C(=O)COC(=O)c1nc2nc(C)cc(C)n2n1. The second-order valence-electron chi connectivity index (χ2n) is 6.41. The Labute approximate surface area is 146 Å². The predicted molar refractivity (Wildman–Crippen MR) is 90.2 cm³/mol. The number of aryl methyl sites for hydroxylation is 2. The fourth-order valence-corrected chi connectivity index (χ4v) is 3.28. The summed E-state index contributed by atoms with van der Waals surface area (Å²) in [6.45, 7) is 6.22. The van der Waals surface area contributed by atoms with Gasteiger partial charge in [0.2, 0.25) is 0 Å². The number of amides is 1. The smallest absolute Gasteiger partial charge is 0.378 e. The van der Waals surface area contributed by atoms with E-state index in [0.717, 1.165) is 43.6 Å². The lowest BCUT2D eigenvalue weighted by molar-refractivity contribution is -0.138. The molecule has 1 aliphatic rings. The molecule has 2 aromatic heterocycles. The van der Waals surface area contributed by atoms with Gasteiger partial charge in [-0.2, -0.15) is 4.98 Å².